The molecule has 76 valence electrons. The van der Waals surface area contributed by atoms with Crippen LogP contribution < -0.4 is 11.1 Å². The summed E-state index contributed by atoms with van der Waals surface area (Å²) in [4.78, 5) is 0. The van der Waals surface area contributed by atoms with Gasteiger partial charge in [-0.2, -0.15) is 0 Å². The molecule has 0 saturated carbocycles. The fourth-order valence-corrected chi connectivity index (χ4v) is 1.39. The highest BCUT2D eigenvalue weighted by Gasteiger charge is 2.09. The molecular formula is C10H20N2O. The second-order valence-corrected chi connectivity index (χ2v) is 3.41. The molecule has 0 fully saturated rings. The number of hydrogen-bond donors (Lipinski definition) is 2. The summed E-state index contributed by atoms with van der Waals surface area (Å²) in [7, 11) is 0. The van der Waals surface area contributed by atoms with Crippen molar-refractivity contribution in [2.24, 2.45) is 5.73 Å². The van der Waals surface area contributed by atoms with Gasteiger partial charge < -0.3 is 15.8 Å². The Labute approximate surface area is 80.3 Å². The molecule has 0 aromatic rings. The highest BCUT2D eigenvalue weighted by atomic mass is 16.5. The number of rotatable bonds is 6. The summed E-state index contributed by atoms with van der Waals surface area (Å²) in [5, 5.41) is 3.38. The maximum atomic E-state index is 5.42. The topological polar surface area (TPSA) is 47.3 Å². The van der Waals surface area contributed by atoms with E-state index in [0.717, 1.165) is 38.9 Å². The zero-order valence-corrected chi connectivity index (χ0v) is 8.17. The van der Waals surface area contributed by atoms with E-state index in [2.05, 4.69) is 11.4 Å². The van der Waals surface area contributed by atoms with Gasteiger partial charge in [-0.25, -0.2) is 0 Å². The lowest BCUT2D eigenvalue weighted by Crippen LogP contribution is -2.29. The summed E-state index contributed by atoms with van der Waals surface area (Å²) in [6, 6.07) is 0. The summed E-state index contributed by atoms with van der Waals surface area (Å²) in [6.07, 6.45) is 8.83. The Bertz CT molecular complexity index is 148. The highest BCUT2D eigenvalue weighted by Crippen LogP contribution is 2.08. The molecule has 0 radical (unpaired) electrons. The molecular weight excluding hydrogens is 164 g/mol. The molecule has 3 heteroatoms. The van der Waals surface area contributed by atoms with Gasteiger partial charge in [0.1, 0.15) is 6.10 Å². The predicted molar refractivity (Wildman–Crippen MR) is 54.4 cm³/mol. The van der Waals surface area contributed by atoms with Crippen molar-refractivity contribution in [2.75, 3.05) is 19.6 Å². The van der Waals surface area contributed by atoms with Crippen LogP contribution in [-0.2, 0) is 4.74 Å². The lowest BCUT2D eigenvalue weighted by atomic mass is 10.1. The second kappa shape index (κ2) is 6.92. The fourth-order valence-electron chi connectivity index (χ4n) is 1.39. The lowest BCUT2D eigenvalue weighted by molar-refractivity contribution is 0.122. The summed E-state index contributed by atoms with van der Waals surface area (Å²) in [5.41, 5.74) is 5.39. The quantitative estimate of drug-likeness (QED) is 0.606. The van der Waals surface area contributed by atoms with Crippen molar-refractivity contribution in [3.63, 3.8) is 0 Å². The third-order valence-electron chi connectivity index (χ3n) is 2.20. The summed E-state index contributed by atoms with van der Waals surface area (Å²) in [6.45, 7) is 2.82. The van der Waals surface area contributed by atoms with Crippen LogP contribution in [0, 0.1) is 0 Å². The summed E-state index contributed by atoms with van der Waals surface area (Å²) in [5.74, 6) is 0. The van der Waals surface area contributed by atoms with E-state index >= 15 is 0 Å². The first-order valence-electron chi connectivity index (χ1n) is 5.14. The Morgan fingerprint density at radius 3 is 3.08 bits per heavy atom. The zero-order valence-electron chi connectivity index (χ0n) is 8.17. The molecule has 0 saturated heterocycles. The number of allylic oxidation sites excluding steroid dienone is 1. The minimum Gasteiger partial charge on any atom is -0.497 e. The largest absolute Gasteiger partial charge is 0.497 e. The normalized spacial score (nSPS) is 21.5. The number of ether oxygens (including phenoxy) is 1. The van der Waals surface area contributed by atoms with Gasteiger partial charge in [0.15, 0.2) is 0 Å². The van der Waals surface area contributed by atoms with Crippen molar-refractivity contribution >= 4 is 0 Å². The van der Waals surface area contributed by atoms with Crippen molar-refractivity contribution in [2.45, 2.75) is 31.8 Å². The third kappa shape index (κ3) is 4.90. The van der Waals surface area contributed by atoms with Gasteiger partial charge in [0, 0.05) is 6.54 Å². The Morgan fingerprint density at radius 2 is 2.38 bits per heavy atom. The maximum absolute atomic E-state index is 5.42. The molecule has 1 aliphatic heterocycles. The molecule has 1 atom stereocenters. The van der Waals surface area contributed by atoms with Gasteiger partial charge in [0.25, 0.3) is 0 Å². The van der Waals surface area contributed by atoms with Gasteiger partial charge in [-0.15, -0.1) is 0 Å². The zero-order chi connectivity index (χ0) is 9.36. The van der Waals surface area contributed by atoms with E-state index in [1.165, 1.54) is 6.42 Å². The molecule has 3 N–H and O–H groups in total. The Kier molecular flexibility index (Phi) is 5.61. The van der Waals surface area contributed by atoms with Crippen LogP contribution in [0.4, 0.5) is 0 Å². The first-order chi connectivity index (χ1) is 6.43. The van der Waals surface area contributed by atoms with Crippen LogP contribution in [0.3, 0.4) is 0 Å². The van der Waals surface area contributed by atoms with Crippen LogP contribution in [0.15, 0.2) is 12.3 Å². The van der Waals surface area contributed by atoms with Gasteiger partial charge in [-0.1, -0.05) is 0 Å². The Morgan fingerprint density at radius 1 is 1.46 bits per heavy atom. The van der Waals surface area contributed by atoms with Crippen molar-refractivity contribution in [3.8, 4) is 0 Å². The average molecular weight is 184 g/mol. The molecule has 0 aromatic carbocycles. The second-order valence-electron chi connectivity index (χ2n) is 3.41. The van der Waals surface area contributed by atoms with E-state index in [1.54, 1.807) is 0 Å². The maximum Gasteiger partial charge on any atom is 0.110 e. The highest BCUT2D eigenvalue weighted by molar-refractivity contribution is 4.82. The Hall–Kier alpha value is -0.540. The SMILES string of the molecule is NCCCCNCC1CCC=CO1. The molecule has 1 heterocycles. The molecule has 1 rings (SSSR count). The van der Waals surface area contributed by atoms with Crippen molar-refractivity contribution < 1.29 is 4.74 Å². The predicted octanol–water partition coefficient (Wildman–Crippen LogP) is 1.01. The van der Waals surface area contributed by atoms with Crippen LogP contribution in [0.2, 0.25) is 0 Å². The fraction of sp³-hybridized carbons (Fsp3) is 0.800. The summed E-state index contributed by atoms with van der Waals surface area (Å²) < 4.78 is 5.42. The van der Waals surface area contributed by atoms with Crippen molar-refractivity contribution in [3.05, 3.63) is 12.3 Å². The van der Waals surface area contributed by atoms with Crippen LogP contribution in [-0.4, -0.2) is 25.7 Å². The van der Waals surface area contributed by atoms with E-state index in [4.69, 9.17) is 10.5 Å². The van der Waals surface area contributed by atoms with Gasteiger partial charge >= 0.3 is 0 Å². The molecule has 1 aliphatic rings. The number of nitrogens with one attached hydrogen (secondary N) is 1. The van der Waals surface area contributed by atoms with Crippen LogP contribution >= 0.6 is 0 Å². The minimum absolute atomic E-state index is 0.378. The van der Waals surface area contributed by atoms with E-state index in [0.29, 0.717) is 6.10 Å². The monoisotopic (exact) mass is 184 g/mol. The third-order valence-corrected chi connectivity index (χ3v) is 2.20. The average Bonchev–Trinajstić information content (AvgIpc) is 2.19. The molecule has 0 aliphatic carbocycles. The molecule has 13 heavy (non-hydrogen) atoms. The van der Waals surface area contributed by atoms with Crippen molar-refractivity contribution in [1.82, 2.24) is 5.32 Å². The van der Waals surface area contributed by atoms with E-state index < -0.39 is 0 Å². The first kappa shape index (κ1) is 10.5. The Balaban J connectivity index is 1.90. The van der Waals surface area contributed by atoms with Crippen LogP contribution in [0.25, 0.3) is 0 Å². The molecule has 3 nitrogen and oxygen atoms in total. The molecule has 0 bridgehead atoms. The van der Waals surface area contributed by atoms with Gasteiger partial charge in [0.2, 0.25) is 0 Å². The van der Waals surface area contributed by atoms with E-state index in [1.807, 2.05) is 6.26 Å². The number of hydrogen-bond acceptors (Lipinski definition) is 3. The van der Waals surface area contributed by atoms with Crippen LogP contribution in [0.1, 0.15) is 25.7 Å². The first-order valence-corrected chi connectivity index (χ1v) is 5.14. The number of unbranched alkanes of at least 4 members (excludes halogenated alkanes) is 1. The lowest BCUT2D eigenvalue weighted by Gasteiger charge is -2.19. The molecule has 0 aromatic heterocycles. The van der Waals surface area contributed by atoms with E-state index in [9.17, 15) is 0 Å². The smallest absolute Gasteiger partial charge is 0.110 e. The van der Waals surface area contributed by atoms with Gasteiger partial charge in [0.05, 0.1) is 6.26 Å². The number of nitrogens with two attached hydrogens (primary N) is 1. The molecule has 0 amide bonds. The summed E-state index contributed by atoms with van der Waals surface area (Å²) >= 11 is 0. The molecule has 1 unspecified atom stereocenters. The minimum atomic E-state index is 0.378. The van der Waals surface area contributed by atoms with Gasteiger partial charge in [-0.3, -0.25) is 0 Å². The van der Waals surface area contributed by atoms with Crippen molar-refractivity contribution in [1.29, 1.82) is 0 Å². The molecule has 0 spiro atoms. The van der Waals surface area contributed by atoms with E-state index in [-0.39, 0.29) is 0 Å². The van der Waals surface area contributed by atoms with Crippen LogP contribution in [0.5, 0.6) is 0 Å². The standard InChI is InChI=1S/C10H20N2O/c11-6-2-3-7-12-9-10-5-1-4-8-13-10/h4,8,10,12H,1-3,5-7,9,11H2. The van der Waals surface area contributed by atoms with Gasteiger partial charge in [-0.05, 0) is 44.8 Å².